The van der Waals surface area contributed by atoms with E-state index >= 15 is 0 Å². The molecule has 0 aromatic heterocycles. The third-order valence-corrected chi connectivity index (χ3v) is 4.52. The maximum absolute atomic E-state index is 10.6. The van der Waals surface area contributed by atoms with Gasteiger partial charge in [-0.3, -0.25) is 8.42 Å². The van der Waals surface area contributed by atoms with Gasteiger partial charge in [0.25, 0.3) is 0 Å². The molecule has 0 aliphatic carbocycles. The van der Waals surface area contributed by atoms with Gasteiger partial charge in [0.05, 0.1) is 10.7 Å². The van der Waals surface area contributed by atoms with Gasteiger partial charge in [0.15, 0.2) is 22.2 Å². The molecule has 24 heavy (non-hydrogen) atoms. The van der Waals surface area contributed by atoms with Gasteiger partial charge >= 0.3 is 59.1 Å². The molecule has 10 nitrogen and oxygen atoms in total. The second kappa shape index (κ2) is 21.7. The second-order valence-electron chi connectivity index (χ2n) is 3.39. The molecule has 0 spiro atoms. The molecule has 6 atom stereocenters. The summed E-state index contributed by atoms with van der Waals surface area (Å²) in [6, 6.07) is 0. The summed E-state index contributed by atoms with van der Waals surface area (Å²) in [5.41, 5.74) is 4.24. The van der Waals surface area contributed by atoms with Gasteiger partial charge in [0.2, 0.25) is 0 Å². The Balaban J connectivity index is -0.000000154. The first-order chi connectivity index (χ1) is 10.1. The molecule has 6 unspecified atom stereocenters. The first kappa shape index (κ1) is 33.9. The molecule has 0 saturated heterocycles. The molecule has 0 aromatic carbocycles. The Labute approximate surface area is 196 Å². The SMILES string of the molecule is CCS(=O)ONC(C)S(=O)[O-].CCS(=O)ONC(C)S(=O)[O-].[Na+].[Na+]. The molecule has 2 N–H and O–H groups in total. The third-order valence-electron chi connectivity index (χ3n) is 1.66. The Morgan fingerprint density at radius 2 is 1.04 bits per heavy atom. The average Bonchev–Trinajstić information content (AvgIpc) is 2.49. The standard InChI is InChI=1S/2C4H11NO4S2.2Na/c2*1-3-10(6)9-5-4(2)11(7)8;;/h2*4-5H,3H2,1-2H3,(H,7,8);;/q;;2*+1/p-2. The Morgan fingerprint density at radius 1 is 0.792 bits per heavy atom. The summed E-state index contributed by atoms with van der Waals surface area (Å²) in [4.78, 5) is 0. The van der Waals surface area contributed by atoms with Crippen LogP contribution >= 0.6 is 0 Å². The van der Waals surface area contributed by atoms with E-state index in [-0.39, 0.29) is 59.1 Å². The van der Waals surface area contributed by atoms with Crippen molar-refractivity contribution in [1.82, 2.24) is 11.0 Å². The van der Waals surface area contributed by atoms with Crippen molar-refractivity contribution >= 4 is 44.3 Å². The molecule has 0 radical (unpaired) electrons. The van der Waals surface area contributed by atoms with Crippen molar-refractivity contribution in [2.75, 3.05) is 11.5 Å². The molecule has 0 heterocycles. The number of hydroxylamine groups is 2. The van der Waals surface area contributed by atoms with E-state index in [0.29, 0.717) is 11.5 Å². The van der Waals surface area contributed by atoms with E-state index in [0.717, 1.165) is 0 Å². The Hall–Kier alpha value is 2.36. The predicted molar refractivity (Wildman–Crippen MR) is 82.6 cm³/mol. The Morgan fingerprint density at radius 3 is 1.21 bits per heavy atom. The first-order valence-corrected chi connectivity index (χ1v) is 10.7. The fraction of sp³-hybridized carbons (Fsp3) is 1.00. The number of nitrogens with one attached hydrogen (secondary N) is 2. The zero-order valence-corrected chi connectivity index (χ0v) is 21.7. The van der Waals surface area contributed by atoms with Crippen LogP contribution in [-0.2, 0) is 52.9 Å². The van der Waals surface area contributed by atoms with Crippen LogP contribution in [0.3, 0.4) is 0 Å². The summed E-state index contributed by atoms with van der Waals surface area (Å²) in [6.07, 6.45) is 0. The molecular weight excluding hydrogens is 426 g/mol. The van der Waals surface area contributed by atoms with Crippen molar-refractivity contribution in [1.29, 1.82) is 0 Å². The normalized spacial score (nSPS) is 17.6. The predicted octanol–water partition coefficient (Wildman–Crippen LogP) is -7.16. The van der Waals surface area contributed by atoms with Gasteiger partial charge < -0.3 is 9.11 Å². The van der Waals surface area contributed by atoms with E-state index in [1.165, 1.54) is 13.8 Å². The van der Waals surface area contributed by atoms with E-state index in [4.69, 9.17) is 0 Å². The van der Waals surface area contributed by atoms with Crippen LogP contribution in [0.1, 0.15) is 27.7 Å². The summed E-state index contributed by atoms with van der Waals surface area (Å²) in [5.74, 6) is 0.649. The zero-order chi connectivity index (χ0) is 17.7. The number of hydrogen-bond acceptors (Lipinski definition) is 10. The average molecular weight is 447 g/mol. The van der Waals surface area contributed by atoms with E-state index in [9.17, 15) is 25.9 Å². The van der Waals surface area contributed by atoms with Crippen molar-refractivity contribution in [3.63, 3.8) is 0 Å². The zero-order valence-electron chi connectivity index (χ0n) is 14.5. The van der Waals surface area contributed by atoms with Crippen molar-refractivity contribution in [2.45, 2.75) is 38.4 Å². The summed E-state index contributed by atoms with van der Waals surface area (Å²) in [7, 11) is 0. The minimum Gasteiger partial charge on any atom is -0.771 e. The minimum atomic E-state index is -2.25. The minimum absolute atomic E-state index is 0. The molecule has 136 valence electrons. The van der Waals surface area contributed by atoms with Crippen LogP contribution in [0.15, 0.2) is 0 Å². The Bertz CT molecular complexity index is 370. The van der Waals surface area contributed by atoms with Crippen LogP contribution in [0.5, 0.6) is 0 Å². The molecule has 0 aliphatic heterocycles. The van der Waals surface area contributed by atoms with Crippen LogP contribution in [-0.4, -0.2) is 48.2 Å². The first-order valence-electron chi connectivity index (χ1n) is 5.94. The van der Waals surface area contributed by atoms with Crippen LogP contribution in [0.4, 0.5) is 0 Å². The summed E-state index contributed by atoms with van der Waals surface area (Å²) < 4.78 is 70.6. The third kappa shape index (κ3) is 22.4. The molecule has 0 amide bonds. The van der Waals surface area contributed by atoms with E-state index in [1.54, 1.807) is 13.8 Å². The largest absolute Gasteiger partial charge is 1.00 e. The molecule has 0 rings (SSSR count). The van der Waals surface area contributed by atoms with Gasteiger partial charge in [-0.25, -0.2) is 8.42 Å². The molecule has 0 aromatic rings. The van der Waals surface area contributed by atoms with Gasteiger partial charge in [0.1, 0.15) is 0 Å². The van der Waals surface area contributed by atoms with E-state index in [2.05, 4.69) is 19.5 Å². The molecule has 16 heteroatoms. The van der Waals surface area contributed by atoms with Gasteiger partial charge in [-0.05, 0) is 36.0 Å². The molecular formula is C8H20N2Na2O8S4. The second-order valence-corrected chi connectivity index (χ2v) is 8.55. The summed E-state index contributed by atoms with van der Waals surface area (Å²) >= 11 is -7.40. The van der Waals surface area contributed by atoms with E-state index < -0.39 is 55.1 Å². The van der Waals surface area contributed by atoms with Crippen LogP contribution in [0, 0.1) is 0 Å². The maximum Gasteiger partial charge on any atom is 1.00 e. The van der Waals surface area contributed by atoms with E-state index in [1.807, 2.05) is 0 Å². The maximum atomic E-state index is 10.6. The fourth-order valence-electron chi connectivity index (χ4n) is 0.439. The number of hydrogen-bond donors (Lipinski definition) is 2. The van der Waals surface area contributed by atoms with Crippen molar-refractivity contribution in [3.05, 3.63) is 0 Å². The monoisotopic (exact) mass is 446 g/mol. The van der Waals surface area contributed by atoms with Crippen molar-refractivity contribution in [3.8, 4) is 0 Å². The van der Waals surface area contributed by atoms with Crippen molar-refractivity contribution < 1.29 is 93.6 Å². The summed E-state index contributed by atoms with van der Waals surface area (Å²) in [6.45, 7) is 6.10. The van der Waals surface area contributed by atoms with Gasteiger partial charge in [-0.15, -0.1) is 0 Å². The van der Waals surface area contributed by atoms with Crippen LogP contribution in [0.2, 0.25) is 0 Å². The van der Waals surface area contributed by atoms with Gasteiger partial charge in [0, 0.05) is 11.5 Å². The van der Waals surface area contributed by atoms with Crippen LogP contribution in [0.25, 0.3) is 0 Å². The quantitative estimate of drug-likeness (QED) is 0.188. The number of rotatable bonds is 10. The molecule has 0 saturated carbocycles. The smallest absolute Gasteiger partial charge is 0.771 e. The molecule has 0 fully saturated rings. The fourth-order valence-corrected chi connectivity index (χ4v) is 1.55. The van der Waals surface area contributed by atoms with Gasteiger partial charge in [-0.1, -0.05) is 13.8 Å². The molecule has 0 bridgehead atoms. The van der Waals surface area contributed by atoms with Gasteiger partial charge in [-0.2, -0.15) is 19.5 Å². The molecule has 0 aliphatic rings. The van der Waals surface area contributed by atoms with Crippen LogP contribution < -0.4 is 70.1 Å². The topological polar surface area (TPSA) is 157 Å². The Kier molecular flexibility index (Phi) is 30.6. The summed E-state index contributed by atoms with van der Waals surface area (Å²) in [5, 5.41) is -1.68. The van der Waals surface area contributed by atoms with Crippen molar-refractivity contribution in [2.24, 2.45) is 0 Å².